The zero-order valence-electron chi connectivity index (χ0n) is 19.4. The fourth-order valence-electron chi connectivity index (χ4n) is 3.45. The second kappa shape index (κ2) is 9.56. The Bertz CT molecular complexity index is 811. The summed E-state index contributed by atoms with van der Waals surface area (Å²) in [6.07, 6.45) is -9.62. The van der Waals surface area contributed by atoms with Gasteiger partial charge < -0.3 is 9.64 Å². The minimum absolute atomic E-state index is 0.109. The van der Waals surface area contributed by atoms with E-state index in [2.05, 4.69) is 4.72 Å². The molecule has 2 unspecified atom stereocenters. The van der Waals surface area contributed by atoms with Crippen molar-refractivity contribution in [2.24, 2.45) is 0 Å². The molecule has 1 fully saturated rings. The van der Waals surface area contributed by atoms with E-state index in [1.807, 2.05) is 20.8 Å². The van der Waals surface area contributed by atoms with E-state index in [1.165, 1.54) is 16.8 Å². The van der Waals surface area contributed by atoms with Gasteiger partial charge in [-0.3, -0.25) is 4.72 Å². The second-order valence-electron chi connectivity index (χ2n) is 10.0. The normalized spacial score (nSPS) is 19.0. The molecule has 1 saturated heterocycles. The highest BCUT2D eigenvalue weighted by molar-refractivity contribution is 7.98. The first-order valence-electron chi connectivity index (χ1n) is 10.5. The van der Waals surface area contributed by atoms with Gasteiger partial charge in [0, 0.05) is 11.3 Å². The Labute approximate surface area is 194 Å². The highest BCUT2D eigenvalue weighted by Gasteiger charge is 2.42. The molecular weight excluding hydrogens is 470 g/mol. The number of benzene rings is 1. The van der Waals surface area contributed by atoms with Gasteiger partial charge in [-0.15, -0.1) is 0 Å². The SMILES string of the molecule is CC(C)(C)OC(=O)N1CCCC1C(NSC(C)(C)C)c1cc(C(F)(F)F)cc(C(F)(F)F)c1. The molecule has 1 N–H and O–H groups in total. The van der Waals surface area contributed by atoms with E-state index >= 15 is 0 Å². The third-order valence-electron chi connectivity index (χ3n) is 4.77. The Morgan fingerprint density at radius 3 is 1.94 bits per heavy atom. The standard InChI is InChI=1S/C22H30F6N2O2S/c1-19(2,3)32-18(31)30-9-7-8-16(30)17(29-33-20(4,5)6)13-10-14(21(23,24)25)12-15(11-13)22(26,27)28/h10-12,16-17,29H,7-9H2,1-6H3. The highest BCUT2D eigenvalue weighted by atomic mass is 32.2. The number of hydrogen-bond acceptors (Lipinski definition) is 4. The van der Waals surface area contributed by atoms with Gasteiger partial charge >= 0.3 is 18.4 Å². The summed E-state index contributed by atoms with van der Waals surface area (Å²) >= 11 is 1.19. The zero-order valence-corrected chi connectivity index (χ0v) is 20.3. The van der Waals surface area contributed by atoms with E-state index in [9.17, 15) is 31.1 Å². The summed E-state index contributed by atoms with van der Waals surface area (Å²) in [6, 6.07) is -0.104. The third-order valence-corrected chi connectivity index (χ3v) is 5.76. The monoisotopic (exact) mass is 500 g/mol. The van der Waals surface area contributed by atoms with Crippen molar-refractivity contribution in [2.45, 2.75) is 89.2 Å². The van der Waals surface area contributed by atoms with Crippen molar-refractivity contribution in [2.75, 3.05) is 6.54 Å². The first-order chi connectivity index (χ1) is 14.8. The lowest BCUT2D eigenvalue weighted by Gasteiger charge is -2.35. The number of ether oxygens (including phenoxy) is 1. The van der Waals surface area contributed by atoms with Crippen LogP contribution in [0.5, 0.6) is 0 Å². The van der Waals surface area contributed by atoms with Gasteiger partial charge in [-0.25, -0.2) is 4.79 Å². The molecule has 0 saturated carbocycles. The molecule has 0 aliphatic carbocycles. The number of nitrogens with zero attached hydrogens (tertiary/aromatic N) is 1. The maximum absolute atomic E-state index is 13.5. The molecule has 0 aromatic heterocycles. The van der Waals surface area contributed by atoms with E-state index in [0.717, 1.165) is 12.1 Å². The van der Waals surface area contributed by atoms with E-state index in [4.69, 9.17) is 4.74 Å². The number of likely N-dealkylation sites (tertiary alicyclic amines) is 1. The average Bonchev–Trinajstić information content (AvgIpc) is 3.07. The largest absolute Gasteiger partial charge is 0.444 e. The van der Waals surface area contributed by atoms with Crippen molar-refractivity contribution in [1.82, 2.24) is 9.62 Å². The van der Waals surface area contributed by atoms with Crippen LogP contribution in [0.1, 0.15) is 77.1 Å². The Morgan fingerprint density at radius 2 is 1.52 bits per heavy atom. The number of halogens is 6. The number of nitrogens with one attached hydrogen (secondary N) is 1. The van der Waals surface area contributed by atoms with Gasteiger partial charge in [0.05, 0.1) is 23.2 Å². The number of carbonyl (C=O) groups is 1. The molecule has 0 radical (unpaired) electrons. The van der Waals surface area contributed by atoms with Gasteiger partial charge in [0.2, 0.25) is 0 Å². The first-order valence-corrected chi connectivity index (χ1v) is 11.3. The van der Waals surface area contributed by atoms with Gasteiger partial charge in [-0.2, -0.15) is 26.3 Å². The number of rotatable bonds is 4. The molecule has 2 rings (SSSR count). The fourth-order valence-corrected chi connectivity index (χ4v) is 4.23. The molecule has 0 bridgehead atoms. The molecule has 4 nitrogen and oxygen atoms in total. The topological polar surface area (TPSA) is 41.6 Å². The van der Waals surface area contributed by atoms with Crippen LogP contribution in [-0.4, -0.2) is 33.9 Å². The predicted molar refractivity (Wildman–Crippen MR) is 116 cm³/mol. The lowest BCUT2D eigenvalue weighted by atomic mass is 9.94. The van der Waals surface area contributed by atoms with Gasteiger partial charge in [-0.1, -0.05) is 11.9 Å². The molecule has 1 aliphatic rings. The molecular formula is C22H30F6N2O2S. The lowest BCUT2D eigenvalue weighted by molar-refractivity contribution is -0.143. The van der Waals surface area contributed by atoms with Crippen LogP contribution < -0.4 is 4.72 Å². The van der Waals surface area contributed by atoms with E-state index in [1.54, 1.807) is 20.8 Å². The van der Waals surface area contributed by atoms with E-state index in [0.29, 0.717) is 19.4 Å². The summed E-state index contributed by atoms with van der Waals surface area (Å²) in [5, 5.41) is 0. The van der Waals surface area contributed by atoms with Crippen molar-refractivity contribution in [1.29, 1.82) is 0 Å². The van der Waals surface area contributed by atoms with Gasteiger partial charge in [0.15, 0.2) is 0 Å². The van der Waals surface area contributed by atoms with Crippen molar-refractivity contribution >= 4 is 18.0 Å². The Balaban J connectivity index is 2.56. The molecule has 11 heteroatoms. The number of amides is 1. The second-order valence-corrected chi connectivity index (χ2v) is 11.7. The van der Waals surface area contributed by atoms with Crippen LogP contribution in [0.2, 0.25) is 0 Å². The van der Waals surface area contributed by atoms with Crippen LogP contribution in [0.15, 0.2) is 18.2 Å². The minimum atomic E-state index is -4.96. The number of alkyl halides is 6. The lowest BCUT2D eigenvalue weighted by Crippen LogP contribution is -2.45. The van der Waals surface area contributed by atoms with Crippen molar-refractivity contribution < 1.29 is 35.9 Å². The number of hydrogen-bond donors (Lipinski definition) is 1. The van der Waals surface area contributed by atoms with Crippen LogP contribution in [0.3, 0.4) is 0 Å². The van der Waals surface area contributed by atoms with Crippen molar-refractivity contribution in [3.63, 3.8) is 0 Å². The molecule has 2 atom stereocenters. The van der Waals surface area contributed by atoms with Crippen molar-refractivity contribution in [3.05, 3.63) is 34.9 Å². The average molecular weight is 501 g/mol. The van der Waals surface area contributed by atoms with Crippen LogP contribution >= 0.6 is 11.9 Å². The van der Waals surface area contributed by atoms with Gasteiger partial charge in [0.25, 0.3) is 0 Å². The van der Waals surface area contributed by atoms with Crippen LogP contribution in [0.25, 0.3) is 0 Å². The number of carbonyl (C=O) groups excluding carboxylic acids is 1. The van der Waals surface area contributed by atoms with Crippen LogP contribution in [0, 0.1) is 0 Å². The molecule has 33 heavy (non-hydrogen) atoms. The van der Waals surface area contributed by atoms with Crippen molar-refractivity contribution in [3.8, 4) is 0 Å². The quantitative estimate of drug-likeness (QED) is 0.351. The molecule has 1 aromatic carbocycles. The highest BCUT2D eigenvalue weighted by Crippen LogP contribution is 2.40. The van der Waals surface area contributed by atoms with E-state index < -0.39 is 47.3 Å². The predicted octanol–water partition coefficient (Wildman–Crippen LogP) is 7.20. The molecule has 1 aliphatic heterocycles. The molecule has 1 amide bonds. The van der Waals surface area contributed by atoms with E-state index in [-0.39, 0.29) is 16.4 Å². The van der Waals surface area contributed by atoms with Gasteiger partial charge in [-0.05, 0) is 78.1 Å². The summed E-state index contributed by atoms with van der Waals surface area (Å²) < 4.78 is 88.9. The maximum Gasteiger partial charge on any atom is 0.416 e. The summed E-state index contributed by atoms with van der Waals surface area (Å²) in [7, 11) is 0. The maximum atomic E-state index is 13.5. The summed E-state index contributed by atoms with van der Waals surface area (Å²) in [5.41, 5.74) is -3.76. The molecule has 0 spiro atoms. The smallest absolute Gasteiger partial charge is 0.416 e. The van der Waals surface area contributed by atoms with Gasteiger partial charge in [0.1, 0.15) is 5.60 Å². The molecule has 1 heterocycles. The first kappa shape index (κ1) is 27.6. The Morgan fingerprint density at radius 1 is 1.00 bits per heavy atom. The van der Waals surface area contributed by atoms with Crippen LogP contribution in [-0.2, 0) is 17.1 Å². The minimum Gasteiger partial charge on any atom is -0.444 e. The third kappa shape index (κ3) is 7.98. The Kier molecular flexibility index (Phi) is 8.00. The summed E-state index contributed by atoms with van der Waals surface area (Å²) in [4.78, 5) is 14.2. The Hall–Kier alpha value is -1.62. The summed E-state index contributed by atoms with van der Waals surface area (Å²) in [6.45, 7) is 10.9. The molecule has 1 aromatic rings. The fraction of sp³-hybridized carbons (Fsp3) is 0.682. The van der Waals surface area contributed by atoms with Crippen LogP contribution in [0.4, 0.5) is 31.1 Å². The zero-order chi connectivity index (χ0) is 25.4. The summed E-state index contributed by atoms with van der Waals surface area (Å²) in [5.74, 6) is 0. The molecule has 188 valence electrons.